The summed E-state index contributed by atoms with van der Waals surface area (Å²) in [6.07, 6.45) is 5.36. The first kappa shape index (κ1) is 16.3. The molecule has 2 fully saturated rings. The average Bonchev–Trinajstić information content (AvgIpc) is 3.06. The van der Waals surface area contributed by atoms with Gasteiger partial charge in [-0.05, 0) is 50.1 Å². The highest BCUT2D eigenvalue weighted by Crippen LogP contribution is 2.40. The highest BCUT2D eigenvalue weighted by molar-refractivity contribution is 6.29. The number of nitrogens with zero attached hydrogens (tertiary/aromatic N) is 2. The first-order chi connectivity index (χ1) is 11.0. The zero-order valence-corrected chi connectivity index (χ0v) is 13.9. The molecule has 1 aliphatic heterocycles. The van der Waals surface area contributed by atoms with Crippen LogP contribution in [0.5, 0.6) is 0 Å². The molecule has 1 aliphatic carbocycles. The van der Waals surface area contributed by atoms with Gasteiger partial charge in [0.15, 0.2) is 0 Å². The quantitative estimate of drug-likeness (QED) is 0.911. The number of aliphatic carboxylic acids is 1. The fourth-order valence-electron chi connectivity index (χ4n) is 4.04. The van der Waals surface area contributed by atoms with Gasteiger partial charge in [-0.3, -0.25) is 4.79 Å². The minimum atomic E-state index is -0.896. The molecule has 1 saturated carbocycles. The minimum absolute atomic E-state index is 0.0800. The Morgan fingerprint density at radius 2 is 2.13 bits per heavy atom. The van der Waals surface area contributed by atoms with Crippen molar-refractivity contribution in [1.82, 2.24) is 10.1 Å². The third-order valence-corrected chi connectivity index (χ3v) is 5.48. The van der Waals surface area contributed by atoms with Gasteiger partial charge in [-0.25, -0.2) is 4.79 Å². The molecule has 0 aromatic carbocycles. The molecule has 0 spiro atoms. The molecule has 7 heteroatoms. The fourth-order valence-corrected chi connectivity index (χ4v) is 4.31. The lowest BCUT2D eigenvalue weighted by Crippen LogP contribution is -2.46. The number of fused-ring (bicyclic) bond motifs is 1. The Bertz CT molecular complexity index is 596. The van der Waals surface area contributed by atoms with Crippen LogP contribution < -0.4 is 0 Å². The van der Waals surface area contributed by atoms with Crippen molar-refractivity contribution in [2.45, 2.75) is 64.0 Å². The summed E-state index contributed by atoms with van der Waals surface area (Å²) in [5, 5.41) is 13.5. The Hall–Kier alpha value is -1.56. The van der Waals surface area contributed by atoms with E-state index in [4.69, 9.17) is 16.1 Å². The summed E-state index contributed by atoms with van der Waals surface area (Å²) in [4.78, 5) is 25.9. The van der Waals surface area contributed by atoms with Gasteiger partial charge in [0.1, 0.15) is 6.04 Å². The van der Waals surface area contributed by atoms with Gasteiger partial charge in [0.2, 0.25) is 11.1 Å². The summed E-state index contributed by atoms with van der Waals surface area (Å²) in [7, 11) is 0. The molecule has 0 bridgehead atoms. The second-order valence-corrected chi connectivity index (χ2v) is 6.87. The van der Waals surface area contributed by atoms with Gasteiger partial charge in [0, 0.05) is 18.0 Å². The van der Waals surface area contributed by atoms with E-state index in [1.165, 1.54) is 0 Å². The van der Waals surface area contributed by atoms with Gasteiger partial charge >= 0.3 is 5.97 Å². The Balaban J connectivity index is 1.72. The lowest BCUT2D eigenvalue weighted by atomic mass is 9.84. The van der Waals surface area contributed by atoms with Gasteiger partial charge < -0.3 is 14.5 Å². The molecule has 3 unspecified atom stereocenters. The van der Waals surface area contributed by atoms with Gasteiger partial charge in [0.25, 0.3) is 0 Å². The number of carbonyl (C=O) groups is 2. The van der Waals surface area contributed by atoms with Crippen LogP contribution in [0.25, 0.3) is 0 Å². The molecule has 23 heavy (non-hydrogen) atoms. The van der Waals surface area contributed by atoms with E-state index < -0.39 is 12.0 Å². The summed E-state index contributed by atoms with van der Waals surface area (Å²) in [5.41, 5.74) is 1.40. The van der Waals surface area contributed by atoms with Crippen molar-refractivity contribution in [2.24, 2.45) is 5.92 Å². The number of rotatable bonds is 4. The number of carbonyl (C=O) groups excluding carboxylic acids is 1. The predicted molar refractivity (Wildman–Crippen MR) is 83.2 cm³/mol. The van der Waals surface area contributed by atoms with Crippen LogP contribution in [0.2, 0.25) is 5.22 Å². The topological polar surface area (TPSA) is 83.6 Å². The summed E-state index contributed by atoms with van der Waals surface area (Å²) in [6, 6.07) is -0.606. The van der Waals surface area contributed by atoms with Gasteiger partial charge in [-0.1, -0.05) is 18.0 Å². The van der Waals surface area contributed by atoms with Gasteiger partial charge in [0.05, 0.1) is 5.69 Å². The number of amides is 1. The van der Waals surface area contributed by atoms with Crippen molar-refractivity contribution < 1.29 is 19.2 Å². The van der Waals surface area contributed by atoms with E-state index in [9.17, 15) is 14.7 Å². The zero-order chi connectivity index (χ0) is 16.6. The Labute approximate surface area is 139 Å². The van der Waals surface area contributed by atoms with Crippen LogP contribution in [0.1, 0.15) is 49.8 Å². The fraction of sp³-hybridized carbons (Fsp3) is 0.688. The van der Waals surface area contributed by atoms with Crippen molar-refractivity contribution in [3.63, 3.8) is 0 Å². The maximum absolute atomic E-state index is 12.7. The number of hydrogen-bond acceptors (Lipinski definition) is 4. The Morgan fingerprint density at radius 3 is 2.78 bits per heavy atom. The highest BCUT2D eigenvalue weighted by atomic mass is 35.5. The molecule has 2 aliphatic rings. The monoisotopic (exact) mass is 340 g/mol. The summed E-state index contributed by atoms with van der Waals surface area (Å²) < 4.78 is 4.89. The van der Waals surface area contributed by atoms with Crippen LogP contribution in [0.3, 0.4) is 0 Å². The number of carboxylic acids is 1. The molecule has 126 valence electrons. The molecular weight excluding hydrogens is 320 g/mol. The van der Waals surface area contributed by atoms with Gasteiger partial charge in [-0.2, -0.15) is 0 Å². The third kappa shape index (κ3) is 3.09. The highest BCUT2D eigenvalue weighted by Gasteiger charge is 2.47. The zero-order valence-electron chi connectivity index (χ0n) is 13.1. The largest absolute Gasteiger partial charge is 0.480 e. The van der Waals surface area contributed by atoms with E-state index >= 15 is 0 Å². The molecule has 2 heterocycles. The van der Waals surface area contributed by atoms with E-state index in [0.717, 1.165) is 31.2 Å². The molecule has 1 aromatic rings. The van der Waals surface area contributed by atoms with E-state index in [-0.39, 0.29) is 23.6 Å². The van der Waals surface area contributed by atoms with Crippen molar-refractivity contribution in [2.75, 3.05) is 0 Å². The summed E-state index contributed by atoms with van der Waals surface area (Å²) in [5.74, 6) is -0.676. The number of hydrogen-bond donors (Lipinski definition) is 1. The number of aryl methyl sites for hydroxylation is 1. The molecule has 1 N–H and O–H groups in total. The molecule has 1 amide bonds. The standard InChI is InChI=1S/C16H21ClN2O4/c1-9-11(15(17)23-18-9)6-7-14(20)19-12-5-3-2-4-10(12)8-13(19)16(21)22/h10,12-13H,2-8H2,1H3,(H,21,22). The van der Waals surface area contributed by atoms with Gasteiger partial charge in [-0.15, -0.1) is 0 Å². The molecule has 1 aromatic heterocycles. The van der Waals surface area contributed by atoms with Crippen molar-refractivity contribution >= 4 is 23.5 Å². The SMILES string of the molecule is Cc1noc(Cl)c1CCC(=O)N1C(C(=O)O)CC2CCCCC21. The van der Waals surface area contributed by atoms with E-state index in [0.29, 0.717) is 24.5 Å². The maximum atomic E-state index is 12.7. The lowest BCUT2D eigenvalue weighted by Gasteiger charge is -2.33. The molecule has 1 saturated heterocycles. The second-order valence-electron chi connectivity index (χ2n) is 6.52. The van der Waals surface area contributed by atoms with Crippen molar-refractivity contribution in [3.05, 3.63) is 16.5 Å². The van der Waals surface area contributed by atoms with Crippen LogP contribution in [0.4, 0.5) is 0 Å². The Morgan fingerprint density at radius 1 is 1.39 bits per heavy atom. The van der Waals surface area contributed by atoms with Crippen molar-refractivity contribution in [1.29, 1.82) is 0 Å². The van der Waals surface area contributed by atoms with Crippen LogP contribution >= 0.6 is 11.6 Å². The molecule has 6 nitrogen and oxygen atoms in total. The number of likely N-dealkylation sites (tertiary alicyclic amines) is 1. The molecule has 3 atom stereocenters. The van der Waals surface area contributed by atoms with E-state index in [1.807, 2.05) is 0 Å². The number of carboxylic acid groups (broad SMARTS) is 1. The van der Waals surface area contributed by atoms with Crippen LogP contribution in [0, 0.1) is 12.8 Å². The first-order valence-corrected chi connectivity index (χ1v) is 8.51. The number of aromatic nitrogens is 1. The smallest absolute Gasteiger partial charge is 0.326 e. The second kappa shape index (κ2) is 6.51. The predicted octanol–water partition coefficient (Wildman–Crippen LogP) is 2.81. The first-order valence-electron chi connectivity index (χ1n) is 8.13. The summed E-state index contributed by atoms with van der Waals surface area (Å²) in [6.45, 7) is 1.78. The van der Waals surface area contributed by atoms with Crippen LogP contribution in [-0.2, 0) is 16.0 Å². The van der Waals surface area contributed by atoms with Crippen LogP contribution in [0.15, 0.2) is 4.52 Å². The Kier molecular flexibility index (Phi) is 4.62. The third-order valence-electron chi connectivity index (χ3n) is 5.19. The average molecular weight is 341 g/mol. The normalized spacial score (nSPS) is 27.0. The maximum Gasteiger partial charge on any atom is 0.326 e. The van der Waals surface area contributed by atoms with Crippen LogP contribution in [-0.4, -0.2) is 39.1 Å². The lowest BCUT2D eigenvalue weighted by molar-refractivity contribution is -0.149. The van der Waals surface area contributed by atoms with Crippen molar-refractivity contribution in [3.8, 4) is 0 Å². The minimum Gasteiger partial charge on any atom is -0.480 e. The molecule has 3 rings (SSSR count). The summed E-state index contributed by atoms with van der Waals surface area (Å²) >= 11 is 5.93. The molecule has 0 radical (unpaired) electrons. The van der Waals surface area contributed by atoms with E-state index in [2.05, 4.69) is 5.16 Å². The molecular formula is C16H21ClN2O4. The number of halogens is 1. The van der Waals surface area contributed by atoms with E-state index in [1.54, 1.807) is 11.8 Å².